The van der Waals surface area contributed by atoms with Crippen LogP contribution in [0.5, 0.6) is 0 Å². The van der Waals surface area contributed by atoms with Crippen molar-refractivity contribution in [3.05, 3.63) is 46.2 Å². The van der Waals surface area contributed by atoms with E-state index in [-0.39, 0.29) is 33.6 Å². The molecule has 0 bridgehead atoms. The highest BCUT2D eigenvalue weighted by Crippen LogP contribution is 2.64. The van der Waals surface area contributed by atoms with E-state index in [9.17, 15) is 19.5 Å². The van der Waals surface area contributed by atoms with E-state index in [4.69, 9.17) is 9.47 Å². The highest BCUT2D eigenvalue weighted by molar-refractivity contribution is 6.24. The maximum absolute atomic E-state index is 13.3. The van der Waals surface area contributed by atoms with Crippen LogP contribution in [0.4, 0.5) is 0 Å². The van der Waals surface area contributed by atoms with E-state index in [1.807, 2.05) is 6.92 Å². The number of carbonyl (C=O) groups excluding carboxylic acids is 3. The van der Waals surface area contributed by atoms with Crippen LogP contribution in [0.15, 0.2) is 24.0 Å². The summed E-state index contributed by atoms with van der Waals surface area (Å²) in [7, 11) is 1.33. The summed E-state index contributed by atoms with van der Waals surface area (Å²) >= 11 is 0. The standard InChI is InChI=1S/C22H22O6/c1-20-5-4-6-21(2)14-8-11-12(17(24)16(27-3)9-15(11)23)7-13(14)18(25)22(26,19(20)21)28-10-20/h7-9,19,26H,4-6,10H2,1-3H3/t19-,20-,21-,22+/m1/s1. The van der Waals surface area contributed by atoms with Crippen LogP contribution < -0.4 is 0 Å². The van der Waals surface area contributed by atoms with Gasteiger partial charge in [-0.2, -0.15) is 0 Å². The van der Waals surface area contributed by atoms with Gasteiger partial charge >= 0.3 is 0 Å². The Hall–Kier alpha value is -2.31. The van der Waals surface area contributed by atoms with Crippen molar-refractivity contribution in [3.8, 4) is 0 Å². The molecule has 0 spiro atoms. The number of hydrogen-bond donors (Lipinski definition) is 1. The average Bonchev–Trinajstić information content (AvgIpc) is 2.96. The van der Waals surface area contributed by atoms with Crippen molar-refractivity contribution in [2.45, 2.75) is 44.3 Å². The highest BCUT2D eigenvalue weighted by Gasteiger charge is 2.70. The van der Waals surface area contributed by atoms with Gasteiger partial charge in [-0.3, -0.25) is 14.4 Å². The average molecular weight is 382 g/mol. The van der Waals surface area contributed by atoms with Crippen LogP contribution >= 0.6 is 0 Å². The molecule has 1 heterocycles. The molecule has 0 unspecified atom stereocenters. The number of rotatable bonds is 1. The fourth-order valence-electron chi connectivity index (χ4n) is 6.21. The van der Waals surface area contributed by atoms with Gasteiger partial charge in [-0.25, -0.2) is 0 Å². The molecule has 4 atom stereocenters. The largest absolute Gasteiger partial charge is 0.492 e. The van der Waals surface area contributed by atoms with Crippen molar-refractivity contribution >= 4 is 17.3 Å². The molecule has 2 fully saturated rings. The van der Waals surface area contributed by atoms with Crippen LogP contribution in [0, 0.1) is 11.3 Å². The van der Waals surface area contributed by atoms with Crippen molar-refractivity contribution in [3.63, 3.8) is 0 Å². The number of fused-ring (bicyclic) bond motifs is 3. The maximum Gasteiger partial charge on any atom is 0.235 e. The van der Waals surface area contributed by atoms with Crippen molar-refractivity contribution in [1.82, 2.24) is 0 Å². The van der Waals surface area contributed by atoms with Gasteiger partial charge in [0.15, 0.2) is 11.5 Å². The van der Waals surface area contributed by atoms with Crippen molar-refractivity contribution in [2.24, 2.45) is 11.3 Å². The minimum absolute atomic E-state index is 0.0501. The van der Waals surface area contributed by atoms with Gasteiger partial charge in [-0.15, -0.1) is 0 Å². The lowest BCUT2D eigenvalue weighted by molar-refractivity contribution is -0.176. The number of Topliss-reactive ketones (excluding diaryl/α,β-unsaturated/α-hetero) is 2. The Labute approximate surface area is 162 Å². The highest BCUT2D eigenvalue weighted by atomic mass is 16.6. The first-order valence-electron chi connectivity index (χ1n) is 9.60. The van der Waals surface area contributed by atoms with E-state index in [2.05, 4.69) is 6.92 Å². The third-order valence-electron chi connectivity index (χ3n) is 7.35. The molecule has 146 valence electrons. The minimum atomic E-state index is -1.90. The molecule has 6 heteroatoms. The molecule has 0 radical (unpaired) electrons. The molecule has 1 N–H and O–H groups in total. The molecule has 1 aromatic rings. The molecule has 4 aliphatic rings. The van der Waals surface area contributed by atoms with Gasteiger partial charge in [0.2, 0.25) is 17.4 Å². The summed E-state index contributed by atoms with van der Waals surface area (Å²) in [6.45, 7) is 4.42. The van der Waals surface area contributed by atoms with Gasteiger partial charge in [0.25, 0.3) is 0 Å². The Morgan fingerprint density at radius 2 is 1.86 bits per heavy atom. The summed E-state index contributed by atoms with van der Waals surface area (Å²) in [5.41, 5.74) is 0.593. The lowest BCUT2D eigenvalue weighted by Crippen LogP contribution is -2.61. The molecule has 6 nitrogen and oxygen atoms in total. The van der Waals surface area contributed by atoms with Crippen LogP contribution in [0.1, 0.15) is 69.7 Å². The van der Waals surface area contributed by atoms with Gasteiger partial charge in [-0.05, 0) is 30.5 Å². The molecular formula is C22H22O6. The van der Waals surface area contributed by atoms with Crippen molar-refractivity contribution < 1.29 is 29.0 Å². The first kappa shape index (κ1) is 17.8. The number of ether oxygens (including phenoxy) is 2. The SMILES string of the molecule is COC1=CC(=O)c2cc3c(cc2C1=O)C(=O)[C@]1(O)OC[C@@]2(C)CCC[C@@]3(C)[C@@H]21. The number of hydrogen-bond acceptors (Lipinski definition) is 6. The van der Waals surface area contributed by atoms with E-state index in [0.29, 0.717) is 6.61 Å². The topological polar surface area (TPSA) is 89.9 Å². The van der Waals surface area contributed by atoms with Gasteiger partial charge in [-0.1, -0.05) is 20.3 Å². The molecule has 1 aliphatic heterocycles. The van der Waals surface area contributed by atoms with Crippen LogP contribution in [-0.2, 0) is 14.9 Å². The fraction of sp³-hybridized carbons (Fsp3) is 0.500. The van der Waals surface area contributed by atoms with E-state index < -0.39 is 28.7 Å². The predicted octanol–water partition coefficient (Wildman–Crippen LogP) is 2.58. The van der Waals surface area contributed by atoms with Crippen molar-refractivity contribution in [1.29, 1.82) is 0 Å². The number of carbonyl (C=O) groups is 3. The first-order valence-corrected chi connectivity index (χ1v) is 9.60. The number of methoxy groups -OCH3 is 1. The quantitative estimate of drug-likeness (QED) is 0.803. The third-order valence-corrected chi connectivity index (χ3v) is 7.35. The molecule has 0 amide bonds. The molecule has 1 saturated heterocycles. The van der Waals surface area contributed by atoms with Crippen LogP contribution in [-0.4, -0.2) is 42.0 Å². The molecule has 1 saturated carbocycles. The Bertz CT molecular complexity index is 1010. The van der Waals surface area contributed by atoms with E-state index in [1.165, 1.54) is 19.3 Å². The van der Waals surface area contributed by atoms with Crippen LogP contribution in [0.2, 0.25) is 0 Å². The summed E-state index contributed by atoms with van der Waals surface area (Å²) in [4.78, 5) is 38.7. The summed E-state index contributed by atoms with van der Waals surface area (Å²) in [5, 5.41) is 11.3. The first-order chi connectivity index (χ1) is 13.2. The molecular weight excluding hydrogens is 360 g/mol. The summed E-state index contributed by atoms with van der Waals surface area (Å²) in [6, 6.07) is 3.14. The second kappa shape index (κ2) is 5.19. The zero-order valence-electron chi connectivity index (χ0n) is 16.1. The fourth-order valence-corrected chi connectivity index (χ4v) is 6.21. The number of allylic oxidation sites excluding steroid dienone is 2. The normalized spacial score (nSPS) is 38.5. The van der Waals surface area contributed by atoms with Crippen LogP contribution in [0.3, 0.4) is 0 Å². The monoisotopic (exact) mass is 382 g/mol. The number of benzene rings is 1. The summed E-state index contributed by atoms with van der Waals surface area (Å²) < 4.78 is 10.8. The minimum Gasteiger partial charge on any atom is -0.492 e. The van der Waals surface area contributed by atoms with E-state index >= 15 is 0 Å². The smallest absolute Gasteiger partial charge is 0.235 e. The Balaban J connectivity index is 1.79. The van der Waals surface area contributed by atoms with E-state index in [0.717, 1.165) is 24.8 Å². The summed E-state index contributed by atoms with van der Waals surface area (Å²) in [5.74, 6) is -3.61. The van der Waals surface area contributed by atoms with Crippen LogP contribution in [0.25, 0.3) is 0 Å². The van der Waals surface area contributed by atoms with Gasteiger partial charge in [0.1, 0.15) is 0 Å². The lowest BCUT2D eigenvalue weighted by Gasteiger charge is -2.54. The Kier molecular flexibility index (Phi) is 3.29. The van der Waals surface area contributed by atoms with Gasteiger partial charge < -0.3 is 14.6 Å². The van der Waals surface area contributed by atoms with Gasteiger partial charge in [0, 0.05) is 39.5 Å². The second-order valence-electron chi connectivity index (χ2n) is 9.02. The molecule has 1 aromatic carbocycles. The zero-order valence-corrected chi connectivity index (χ0v) is 16.1. The lowest BCUT2D eigenvalue weighted by atomic mass is 9.49. The Morgan fingerprint density at radius 1 is 1.11 bits per heavy atom. The molecule has 0 aromatic heterocycles. The van der Waals surface area contributed by atoms with Crippen molar-refractivity contribution in [2.75, 3.05) is 13.7 Å². The van der Waals surface area contributed by atoms with Gasteiger partial charge in [0.05, 0.1) is 13.7 Å². The maximum atomic E-state index is 13.3. The predicted molar refractivity (Wildman–Crippen MR) is 98.2 cm³/mol. The molecule has 28 heavy (non-hydrogen) atoms. The third kappa shape index (κ3) is 1.87. The zero-order chi connectivity index (χ0) is 20.1. The van der Waals surface area contributed by atoms with E-state index in [1.54, 1.807) is 6.07 Å². The second-order valence-corrected chi connectivity index (χ2v) is 9.02. The Morgan fingerprint density at radius 3 is 2.57 bits per heavy atom. The number of aliphatic hydroxyl groups is 1. The molecule has 5 rings (SSSR count). The molecule has 3 aliphatic carbocycles. The number of ketones is 3. The summed E-state index contributed by atoms with van der Waals surface area (Å²) in [6.07, 6.45) is 3.79.